The fourth-order valence-electron chi connectivity index (χ4n) is 3.09. The van der Waals surface area contributed by atoms with E-state index >= 15 is 0 Å². The van der Waals surface area contributed by atoms with Gasteiger partial charge in [-0.3, -0.25) is 4.98 Å². The van der Waals surface area contributed by atoms with Crippen molar-refractivity contribution in [2.45, 2.75) is 33.6 Å². The van der Waals surface area contributed by atoms with E-state index in [2.05, 4.69) is 39.3 Å². The number of aromatic nitrogens is 3. The highest BCUT2D eigenvalue weighted by Crippen LogP contribution is 2.13. The number of nitrogens with zero attached hydrogens (tertiary/aromatic N) is 3. The first-order valence-corrected chi connectivity index (χ1v) is 9.45. The zero-order valence-corrected chi connectivity index (χ0v) is 16.2. The molecule has 0 aliphatic rings. The summed E-state index contributed by atoms with van der Waals surface area (Å²) in [6.45, 7) is 7.90. The number of aromatic amines is 1. The van der Waals surface area contributed by atoms with E-state index in [-0.39, 0.29) is 6.03 Å². The van der Waals surface area contributed by atoms with Crippen LogP contribution in [0.5, 0.6) is 0 Å². The van der Waals surface area contributed by atoms with Gasteiger partial charge in [0.05, 0.1) is 11.0 Å². The van der Waals surface area contributed by atoms with Crippen molar-refractivity contribution in [3.8, 4) is 0 Å². The van der Waals surface area contributed by atoms with E-state index in [1.165, 1.54) is 5.56 Å². The first kappa shape index (κ1) is 18.9. The van der Waals surface area contributed by atoms with E-state index in [1.807, 2.05) is 43.0 Å². The van der Waals surface area contributed by atoms with Gasteiger partial charge in [-0.1, -0.05) is 12.1 Å². The molecule has 2 aromatic heterocycles. The lowest BCUT2D eigenvalue weighted by Crippen LogP contribution is -2.41. The fourth-order valence-corrected chi connectivity index (χ4v) is 3.09. The Morgan fingerprint density at radius 1 is 1.15 bits per heavy atom. The molecule has 0 unspecified atom stereocenters. The summed E-state index contributed by atoms with van der Waals surface area (Å²) in [5.41, 5.74) is 5.21. The largest absolute Gasteiger partial charge is 0.342 e. The Morgan fingerprint density at radius 3 is 2.78 bits per heavy atom. The summed E-state index contributed by atoms with van der Waals surface area (Å²) in [6, 6.07) is 12.1. The zero-order chi connectivity index (χ0) is 19.2. The maximum Gasteiger partial charge on any atom is 0.317 e. The van der Waals surface area contributed by atoms with Gasteiger partial charge in [0.15, 0.2) is 0 Å². The number of hydrogen-bond acceptors (Lipinski definition) is 3. The Balaban J connectivity index is 1.50. The maximum absolute atomic E-state index is 12.4. The molecule has 1 aromatic carbocycles. The van der Waals surface area contributed by atoms with Crippen LogP contribution in [-0.4, -0.2) is 45.5 Å². The number of aryl methyl sites for hydroxylation is 2. The standard InChI is InChI=1S/C21H27N5O/c1-4-26(21(27)22-12-10-17-7-5-6-16(3)23-17)13-11-20-24-18-9-8-15(2)14-19(18)25-20/h5-9,14H,4,10-13H2,1-3H3,(H,22,27)(H,24,25). The Kier molecular flexibility index (Phi) is 6.06. The fraction of sp³-hybridized carbons (Fsp3) is 0.381. The molecule has 0 spiro atoms. The zero-order valence-electron chi connectivity index (χ0n) is 16.2. The third kappa shape index (κ3) is 5.06. The average molecular weight is 365 g/mol. The lowest BCUT2D eigenvalue weighted by molar-refractivity contribution is 0.201. The molecule has 0 saturated carbocycles. The number of fused-ring (bicyclic) bond motifs is 1. The van der Waals surface area contributed by atoms with E-state index in [0.717, 1.165) is 34.7 Å². The third-order valence-corrected chi connectivity index (χ3v) is 4.58. The van der Waals surface area contributed by atoms with Crippen LogP contribution >= 0.6 is 0 Å². The van der Waals surface area contributed by atoms with Gasteiger partial charge in [0.1, 0.15) is 5.82 Å². The number of carbonyl (C=O) groups is 1. The molecule has 2 amide bonds. The predicted molar refractivity (Wildman–Crippen MR) is 108 cm³/mol. The predicted octanol–water partition coefficient (Wildman–Crippen LogP) is 3.39. The lowest BCUT2D eigenvalue weighted by Gasteiger charge is -2.20. The molecule has 0 aliphatic carbocycles. The smallest absolute Gasteiger partial charge is 0.317 e. The Morgan fingerprint density at radius 2 is 2.00 bits per heavy atom. The lowest BCUT2D eigenvalue weighted by atomic mass is 10.2. The summed E-state index contributed by atoms with van der Waals surface area (Å²) >= 11 is 0. The number of amides is 2. The van der Waals surface area contributed by atoms with Crippen molar-refractivity contribution in [3.05, 3.63) is 59.2 Å². The Labute approximate surface area is 160 Å². The molecular formula is C21H27N5O. The molecule has 3 aromatic rings. The highest BCUT2D eigenvalue weighted by Gasteiger charge is 2.12. The number of carbonyl (C=O) groups excluding carboxylic acids is 1. The van der Waals surface area contributed by atoms with E-state index in [9.17, 15) is 4.79 Å². The number of rotatable bonds is 7. The number of likely N-dealkylation sites (N-methyl/N-ethyl adjacent to an activating group) is 1. The van der Waals surface area contributed by atoms with E-state index in [1.54, 1.807) is 0 Å². The van der Waals surface area contributed by atoms with Gasteiger partial charge in [-0.25, -0.2) is 9.78 Å². The van der Waals surface area contributed by atoms with Crippen LogP contribution in [0.2, 0.25) is 0 Å². The molecule has 6 nitrogen and oxygen atoms in total. The van der Waals surface area contributed by atoms with Crippen LogP contribution in [0.1, 0.15) is 29.7 Å². The van der Waals surface area contributed by atoms with Crippen molar-refractivity contribution < 1.29 is 4.79 Å². The molecule has 0 bridgehead atoms. The molecule has 2 heterocycles. The summed E-state index contributed by atoms with van der Waals surface area (Å²) in [5.74, 6) is 0.908. The van der Waals surface area contributed by atoms with Crippen LogP contribution in [0.15, 0.2) is 36.4 Å². The second-order valence-electron chi connectivity index (χ2n) is 6.79. The van der Waals surface area contributed by atoms with Gasteiger partial charge in [0, 0.05) is 43.9 Å². The van der Waals surface area contributed by atoms with Crippen LogP contribution in [0, 0.1) is 13.8 Å². The van der Waals surface area contributed by atoms with E-state index in [0.29, 0.717) is 26.1 Å². The number of H-pyrrole nitrogens is 1. The molecule has 27 heavy (non-hydrogen) atoms. The monoisotopic (exact) mass is 365 g/mol. The number of pyridine rings is 1. The van der Waals surface area contributed by atoms with Gasteiger partial charge in [-0.2, -0.15) is 0 Å². The van der Waals surface area contributed by atoms with Crippen LogP contribution in [0.4, 0.5) is 4.79 Å². The number of urea groups is 1. The van der Waals surface area contributed by atoms with Gasteiger partial charge in [0.2, 0.25) is 0 Å². The molecule has 0 fully saturated rings. The van der Waals surface area contributed by atoms with Crippen LogP contribution in [-0.2, 0) is 12.8 Å². The van der Waals surface area contributed by atoms with Crippen LogP contribution < -0.4 is 5.32 Å². The summed E-state index contributed by atoms with van der Waals surface area (Å²) in [6.07, 6.45) is 1.43. The molecule has 0 aliphatic heterocycles. The maximum atomic E-state index is 12.4. The number of benzene rings is 1. The molecule has 3 rings (SSSR count). The summed E-state index contributed by atoms with van der Waals surface area (Å²) in [7, 11) is 0. The molecule has 0 radical (unpaired) electrons. The first-order valence-electron chi connectivity index (χ1n) is 9.45. The van der Waals surface area contributed by atoms with Crippen molar-refractivity contribution in [2.75, 3.05) is 19.6 Å². The number of hydrogen-bond donors (Lipinski definition) is 2. The van der Waals surface area contributed by atoms with Gasteiger partial charge in [-0.15, -0.1) is 0 Å². The van der Waals surface area contributed by atoms with Crippen molar-refractivity contribution in [2.24, 2.45) is 0 Å². The Bertz CT molecular complexity index is 918. The third-order valence-electron chi connectivity index (χ3n) is 4.58. The first-order chi connectivity index (χ1) is 13.0. The molecule has 0 saturated heterocycles. The van der Waals surface area contributed by atoms with Crippen molar-refractivity contribution in [3.63, 3.8) is 0 Å². The minimum Gasteiger partial charge on any atom is -0.342 e. The molecular weight excluding hydrogens is 338 g/mol. The van der Waals surface area contributed by atoms with Crippen LogP contribution in [0.3, 0.4) is 0 Å². The van der Waals surface area contributed by atoms with E-state index < -0.39 is 0 Å². The van der Waals surface area contributed by atoms with Crippen LogP contribution in [0.25, 0.3) is 11.0 Å². The molecule has 0 atom stereocenters. The quantitative estimate of drug-likeness (QED) is 0.674. The normalized spacial score (nSPS) is 10.9. The second-order valence-corrected chi connectivity index (χ2v) is 6.79. The minimum absolute atomic E-state index is 0.0443. The highest BCUT2D eigenvalue weighted by atomic mass is 16.2. The SMILES string of the molecule is CCN(CCc1nc2ccc(C)cc2[nH]1)C(=O)NCCc1cccc(C)n1. The summed E-state index contributed by atoms with van der Waals surface area (Å²) in [5, 5.41) is 2.99. The summed E-state index contributed by atoms with van der Waals surface area (Å²) in [4.78, 5) is 26.7. The van der Waals surface area contributed by atoms with Gasteiger partial charge in [0.25, 0.3) is 0 Å². The molecule has 6 heteroatoms. The van der Waals surface area contributed by atoms with Crippen molar-refractivity contribution in [1.29, 1.82) is 0 Å². The van der Waals surface area contributed by atoms with Gasteiger partial charge >= 0.3 is 6.03 Å². The highest BCUT2D eigenvalue weighted by molar-refractivity contribution is 5.76. The second kappa shape index (κ2) is 8.66. The number of imidazole rings is 1. The van der Waals surface area contributed by atoms with E-state index in [4.69, 9.17) is 0 Å². The van der Waals surface area contributed by atoms with Crippen molar-refractivity contribution >= 4 is 17.1 Å². The number of nitrogens with one attached hydrogen (secondary N) is 2. The summed E-state index contributed by atoms with van der Waals surface area (Å²) < 4.78 is 0. The minimum atomic E-state index is -0.0443. The molecule has 2 N–H and O–H groups in total. The topological polar surface area (TPSA) is 73.9 Å². The van der Waals surface area contributed by atoms with Gasteiger partial charge in [-0.05, 0) is 50.6 Å². The molecule has 142 valence electrons. The van der Waals surface area contributed by atoms with Gasteiger partial charge < -0.3 is 15.2 Å². The average Bonchev–Trinajstić information content (AvgIpc) is 3.04. The Hall–Kier alpha value is -2.89. The van der Waals surface area contributed by atoms with Crippen molar-refractivity contribution in [1.82, 2.24) is 25.2 Å².